The van der Waals surface area contributed by atoms with Crippen LogP contribution in [0.1, 0.15) is 5.56 Å². The largest absolute Gasteiger partial charge is 0.359 e. The molecule has 1 aromatic carbocycles. The second kappa shape index (κ2) is 7.32. The summed E-state index contributed by atoms with van der Waals surface area (Å²) in [4.78, 5) is 0. The zero-order chi connectivity index (χ0) is 12.1. The summed E-state index contributed by atoms with van der Waals surface area (Å²) in [6.45, 7) is 1.93. The highest BCUT2D eigenvalue weighted by molar-refractivity contribution is 7.80. The number of para-hydroxylation sites is 1. The molecule has 4 N–H and O–H groups in total. The Balaban J connectivity index is 0.00000256. The second-order valence-electron chi connectivity index (χ2n) is 3.14. The number of nitrogens with one attached hydrogen (secondary N) is 4. The summed E-state index contributed by atoms with van der Waals surface area (Å²) < 4.78 is 0. The van der Waals surface area contributed by atoms with Crippen LogP contribution in [0.25, 0.3) is 0 Å². The summed E-state index contributed by atoms with van der Waals surface area (Å²) in [6.07, 6.45) is 0. The minimum atomic E-state index is 0. The quantitative estimate of drug-likeness (QED) is 0.365. The molecule has 4 nitrogen and oxygen atoms in total. The van der Waals surface area contributed by atoms with Crippen LogP contribution in [-0.4, -0.2) is 18.1 Å². The third-order valence-corrected chi connectivity index (χ3v) is 2.47. The molecule has 0 fully saturated rings. The molecule has 17 heavy (non-hydrogen) atoms. The van der Waals surface area contributed by atoms with Gasteiger partial charge < -0.3 is 16.0 Å². The van der Waals surface area contributed by atoms with Crippen LogP contribution in [0.4, 0.5) is 5.69 Å². The molecule has 7 heteroatoms. The molecule has 1 aromatic rings. The fourth-order valence-corrected chi connectivity index (χ4v) is 1.58. The molecule has 1 rings (SSSR count). The Morgan fingerprint density at radius 2 is 2.06 bits per heavy atom. The van der Waals surface area contributed by atoms with E-state index >= 15 is 0 Å². The summed E-state index contributed by atoms with van der Waals surface area (Å²) in [5.74, 6) is 0.127. The van der Waals surface area contributed by atoms with E-state index in [2.05, 4.69) is 16.0 Å². The number of benzene rings is 1. The highest BCUT2D eigenvalue weighted by Crippen LogP contribution is 2.24. The Bertz CT molecular complexity index is 403. The Kier molecular flexibility index (Phi) is 6.87. The van der Waals surface area contributed by atoms with Crippen molar-refractivity contribution in [1.82, 2.24) is 10.6 Å². The van der Waals surface area contributed by atoms with E-state index in [9.17, 15) is 0 Å². The van der Waals surface area contributed by atoms with Gasteiger partial charge in [-0.3, -0.25) is 5.41 Å². The number of halogens is 2. The van der Waals surface area contributed by atoms with Gasteiger partial charge >= 0.3 is 0 Å². The topological polar surface area (TPSA) is 59.9 Å². The second-order valence-corrected chi connectivity index (χ2v) is 3.95. The van der Waals surface area contributed by atoms with Crippen LogP contribution in [0, 0.1) is 12.3 Å². The van der Waals surface area contributed by atoms with Crippen molar-refractivity contribution in [3.63, 3.8) is 0 Å². The number of hydrogen-bond acceptors (Lipinski definition) is 2. The molecular weight excluding hydrogens is 279 g/mol. The van der Waals surface area contributed by atoms with Crippen LogP contribution in [0.15, 0.2) is 18.2 Å². The molecule has 0 atom stereocenters. The molecular formula is C10H14Cl2N4S. The van der Waals surface area contributed by atoms with E-state index in [0.29, 0.717) is 10.1 Å². The lowest BCUT2D eigenvalue weighted by molar-refractivity contribution is 1.07. The van der Waals surface area contributed by atoms with E-state index < -0.39 is 0 Å². The van der Waals surface area contributed by atoms with Crippen molar-refractivity contribution in [1.29, 1.82) is 5.41 Å². The van der Waals surface area contributed by atoms with Gasteiger partial charge in [-0.05, 0) is 30.8 Å². The number of rotatable bonds is 1. The molecule has 0 unspecified atom stereocenters. The maximum atomic E-state index is 7.36. The van der Waals surface area contributed by atoms with Crippen molar-refractivity contribution in [3.05, 3.63) is 28.8 Å². The molecule has 0 amide bonds. The van der Waals surface area contributed by atoms with Gasteiger partial charge in [-0.15, -0.1) is 12.4 Å². The van der Waals surface area contributed by atoms with Crippen molar-refractivity contribution in [2.24, 2.45) is 0 Å². The zero-order valence-corrected chi connectivity index (χ0v) is 11.8. The minimum absolute atomic E-state index is 0. The maximum Gasteiger partial charge on any atom is 0.194 e. The van der Waals surface area contributed by atoms with E-state index in [0.717, 1.165) is 11.3 Å². The average Bonchev–Trinajstić information content (AvgIpc) is 2.23. The molecule has 0 radical (unpaired) electrons. The van der Waals surface area contributed by atoms with Gasteiger partial charge in [0.05, 0.1) is 10.7 Å². The van der Waals surface area contributed by atoms with Crippen molar-refractivity contribution >= 4 is 53.0 Å². The van der Waals surface area contributed by atoms with Crippen LogP contribution in [0.3, 0.4) is 0 Å². The Morgan fingerprint density at radius 1 is 1.41 bits per heavy atom. The van der Waals surface area contributed by atoms with E-state index in [1.165, 1.54) is 0 Å². The zero-order valence-electron chi connectivity index (χ0n) is 9.43. The summed E-state index contributed by atoms with van der Waals surface area (Å²) in [5.41, 5.74) is 1.75. The molecule has 0 bridgehead atoms. The third-order valence-electron chi connectivity index (χ3n) is 1.95. The SMILES string of the molecule is CNC(=N)NC(=S)Nc1c(C)cccc1Cl.Cl. The predicted octanol–water partition coefficient (Wildman–Crippen LogP) is 2.51. The Morgan fingerprint density at radius 3 is 2.59 bits per heavy atom. The molecule has 0 aliphatic rings. The van der Waals surface area contributed by atoms with Gasteiger partial charge in [-0.1, -0.05) is 23.7 Å². The number of thiocarbonyl (C=S) groups is 1. The van der Waals surface area contributed by atoms with E-state index in [1.54, 1.807) is 13.1 Å². The van der Waals surface area contributed by atoms with Gasteiger partial charge in [0.2, 0.25) is 0 Å². The van der Waals surface area contributed by atoms with Crippen LogP contribution in [0.5, 0.6) is 0 Å². The van der Waals surface area contributed by atoms with Crippen molar-refractivity contribution in [2.45, 2.75) is 6.92 Å². The van der Waals surface area contributed by atoms with Gasteiger partial charge in [-0.2, -0.15) is 0 Å². The van der Waals surface area contributed by atoms with Gasteiger partial charge in [-0.25, -0.2) is 0 Å². The lowest BCUT2D eigenvalue weighted by Crippen LogP contribution is -2.40. The normalized spacial score (nSPS) is 8.88. The van der Waals surface area contributed by atoms with Crippen molar-refractivity contribution in [3.8, 4) is 0 Å². The monoisotopic (exact) mass is 292 g/mol. The van der Waals surface area contributed by atoms with Crippen LogP contribution >= 0.6 is 36.2 Å². The Hall–Kier alpha value is -1.04. The smallest absolute Gasteiger partial charge is 0.194 e. The standard InChI is InChI=1S/C10H13ClN4S.ClH/c1-6-4-3-5-7(11)8(6)14-10(16)15-9(12)13-2;/h3-5H,1-2H3,(H4,12,13,14,15,16);1H. The summed E-state index contributed by atoms with van der Waals surface area (Å²) >= 11 is 11.1. The highest BCUT2D eigenvalue weighted by Gasteiger charge is 2.05. The lowest BCUT2D eigenvalue weighted by Gasteiger charge is -2.13. The first kappa shape index (κ1) is 16.0. The van der Waals surface area contributed by atoms with E-state index in [-0.39, 0.29) is 18.4 Å². The highest BCUT2D eigenvalue weighted by atomic mass is 35.5. The first-order valence-electron chi connectivity index (χ1n) is 4.64. The predicted molar refractivity (Wildman–Crippen MR) is 79.6 cm³/mol. The fourth-order valence-electron chi connectivity index (χ4n) is 1.11. The molecule has 0 aliphatic heterocycles. The lowest BCUT2D eigenvalue weighted by atomic mass is 10.2. The number of guanidine groups is 1. The molecule has 0 saturated carbocycles. The fraction of sp³-hybridized carbons (Fsp3) is 0.200. The first-order valence-corrected chi connectivity index (χ1v) is 5.42. The van der Waals surface area contributed by atoms with Crippen LogP contribution in [0.2, 0.25) is 5.02 Å². The first-order chi connectivity index (χ1) is 7.54. The Labute approximate surface area is 117 Å². The summed E-state index contributed by atoms with van der Waals surface area (Å²) in [5, 5.41) is 16.5. The summed E-state index contributed by atoms with van der Waals surface area (Å²) in [7, 11) is 1.64. The molecule has 0 aliphatic carbocycles. The number of aryl methyl sites for hydroxylation is 1. The van der Waals surface area contributed by atoms with E-state index in [1.807, 2.05) is 19.1 Å². The third kappa shape index (κ3) is 4.77. The van der Waals surface area contributed by atoms with Gasteiger partial charge in [0, 0.05) is 7.05 Å². The van der Waals surface area contributed by atoms with Crippen LogP contribution < -0.4 is 16.0 Å². The number of anilines is 1. The van der Waals surface area contributed by atoms with Crippen molar-refractivity contribution < 1.29 is 0 Å². The summed E-state index contributed by atoms with van der Waals surface area (Å²) in [6, 6.07) is 5.58. The molecule has 0 saturated heterocycles. The van der Waals surface area contributed by atoms with Crippen LogP contribution in [-0.2, 0) is 0 Å². The van der Waals surface area contributed by atoms with Crippen molar-refractivity contribution in [2.75, 3.05) is 12.4 Å². The minimum Gasteiger partial charge on any atom is -0.359 e. The van der Waals surface area contributed by atoms with Gasteiger partial charge in [0.1, 0.15) is 0 Å². The maximum absolute atomic E-state index is 7.36. The number of hydrogen-bond donors (Lipinski definition) is 4. The molecule has 0 heterocycles. The molecule has 0 aromatic heterocycles. The van der Waals surface area contributed by atoms with Gasteiger partial charge in [0.15, 0.2) is 11.1 Å². The molecule has 94 valence electrons. The van der Waals surface area contributed by atoms with Gasteiger partial charge in [0.25, 0.3) is 0 Å². The average molecular weight is 293 g/mol. The molecule has 0 spiro atoms. The van der Waals surface area contributed by atoms with E-state index in [4.69, 9.17) is 29.2 Å².